The molecule has 0 bridgehead atoms. The minimum atomic E-state index is -0.496. The molecule has 7 heteroatoms. The van der Waals surface area contributed by atoms with Crippen LogP contribution in [0.5, 0.6) is 0 Å². The SMILES string of the molecule is CC(C)(C)c1ccc([C@@H]2C(C#N)=C(N)N(c3ccc(Cl)c(Cl)c3)C3=C2C(=O)C[C@@H](c2ccccc2)C3)s1. The number of hydrogen-bond donors (Lipinski definition) is 1. The maximum Gasteiger partial charge on any atom is 0.162 e. The summed E-state index contributed by atoms with van der Waals surface area (Å²) in [4.78, 5) is 17.9. The molecule has 0 fully saturated rings. The quantitative estimate of drug-likeness (QED) is 0.360. The van der Waals surface area contributed by atoms with Crippen molar-refractivity contribution in [1.82, 2.24) is 0 Å². The second kappa shape index (κ2) is 9.68. The molecule has 4 nitrogen and oxygen atoms in total. The van der Waals surface area contributed by atoms with Crippen LogP contribution in [0.4, 0.5) is 5.69 Å². The predicted octanol–water partition coefficient (Wildman–Crippen LogP) is 8.05. The molecule has 5 rings (SSSR count). The van der Waals surface area contributed by atoms with Gasteiger partial charge in [-0.15, -0.1) is 11.3 Å². The number of nitrogens with zero attached hydrogens (tertiary/aromatic N) is 2. The molecular formula is C30H27Cl2N3OS. The summed E-state index contributed by atoms with van der Waals surface area (Å²) >= 11 is 14.2. The van der Waals surface area contributed by atoms with E-state index in [1.54, 1.807) is 23.5 Å². The van der Waals surface area contributed by atoms with Gasteiger partial charge in [-0.1, -0.05) is 74.3 Å². The third-order valence-corrected chi connectivity index (χ3v) is 9.37. The number of carbonyl (C=O) groups excluding carboxylic acids is 1. The number of carbonyl (C=O) groups is 1. The molecule has 0 saturated carbocycles. The average Bonchev–Trinajstić information content (AvgIpc) is 3.36. The highest BCUT2D eigenvalue weighted by Gasteiger charge is 2.43. The molecule has 1 aliphatic heterocycles. The van der Waals surface area contributed by atoms with E-state index in [0.29, 0.717) is 45.5 Å². The van der Waals surface area contributed by atoms with Crippen molar-refractivity contribution in [3.63, 3.8) is 0 Å². The first-order valence-electron chi connectivity index (χ1n) is 12.2. The molecule has 37 heavy (non-hydrogen) atoms. The Morgan fingerprint density at radius 3 is 2.38 bits per heavy atom. The van der Waals surface area contributed by atoms with Crippen LogP contribution in [0, 0.1) is 11.3 Å². The highest BCUT2D eigenvalue weighted by atomic mass is 35.5. The predicted molar refractivity (Wildman–Crippen MR) is 152 cm³/mol. The number of Topliss-reactive ketones (excluding diaryl/α,β-unsaturated/α-hetero) is 1. The van der Waals surface area contributed by atoms with Crippen LogP contribution in [0.3, 0.4) is 0 Å². The van der Waals surface area contributed by atoms with Gasteiger partial charge in [-0.05, 0) is 53.6 Å². The van der Waals surface area contributed by atoms with Crippen molar-refractivity contribution in [3.05, 3.63) is 109 Å². The first-order valence-corrected chi connectivity index (χ1v) is 13.7. The summed E-state index contributed by atoms with van der Waals surface area (Å²) in [5, 5.41) is 11.1. The Hall–Kier alpha value is -3.04. The molecule has 2 aliphatic rings. The smallest absolute Gasteiger partial charge is 0.162 e. The summed E-state index contributed by atoms with van der Waals surface area (Å²) in [7, 11) is 0. The van der Waals surface area contributed by atoms with Gasteiger partial charge in [0.15, 0.2) is 5.78 Å². The van der Waals surface area contributed by atoms with Gasteiger partial charge in [0, 0.05) is 33.1 Å². The molecule has 2 aromatic carbocycles. The van der Waals surface area contributed by atoms with Crippen molar-refractivity contribution in [1.29, 1.82) is 5.26 Å². The monoisotopic (exact) mass is 547 g/mol. The number of halogens is 2. The minimum Gasteiger partial charge on any atom is -0.384 e. The summed E-state index contributed by atoms with van der Waals surface area (Å²) in [5.41, 5.74) is 10.3. The third kappa shape index (κ3) is 4.59. The number of thiophene rings is 1. The molecule has 0 radical (unpaired) electrons. The van der Waals surface area contributed by atoms with Crippen LogP contribution in [0.25, 0.3) is 0 Å². The van der Waals surface area contributed by atoms with Gasteiger partial charge in [-0.25, -0.2) is 0 Å². The molecule has 1 aromatic heterocycles. The Morgan fingerprint density at radius 2 is 1.76 bits per heavy atom. The second-order valence-electron chi connectivity index (χ2n) is 10.5. The maximum absolute atomic E-state index is 14.0. The number of ketones is 1. The Morgan fingerprint density at radius 1 is 1.03 bits per heavy atom. The van der Waals surface area contributed by atoms with E-state index in [0.717, 1.165) is 16.1 Å². The third-order valence-electron chi connectivity index (χ3n) is 7.05. The summed E-state index contributed by atoms with van der Waals surface area (Å²) in [5.74, 6) is -0.138. The number of allylic oxidation sites excluding steroid dienone is 3. The van der Waals surface area contributed by atoms with Gasteiger partial charge in [-0.3, -0.25) is 9.69 Å². The number of nitrogens with two attached hydrogens (primary N) is 1. The van der Waals surface area contributed by atoms with Crippen molar-refractivity contribution in [2.24, 2.45) is 5.73 Å². The van der Waals surface area contributed by atoms with E-state index in [-0.39, 0.29) is 17.1 Å². The summed E-state index contributed by atoms with van der Waals surface area (Å²) in [6.45, 7) is 6.48. The van der Waals surface area contributed by atoms with Crippen LogP contribution in [-0.2, 0) is 10.2 Å². The van der Waals surface area contributed by atoms with Crippen LogP contribution in [-0.4, -0.2) is 5.78 Å². The summed E-state index contributed by atoms with van der Waals surface area (Å²) in [6, 6.07) is 21.8. The normalized spacial score (nSPS) is 20.2. The molecule has 1 aliphatic carbocycles. The molecule has 2 N–H and O–H groups in total. The van der Waals surface area contributed by atoms with E-state index < -0.39 is 5.92 Å². The Bertz CT molecular complexity index is 1490. The number of nitriles is 1. The van der Waals surface area contributed by atoms with E-state index in [2.05, 4.69) is 45.0 Å². The van der Waals surface area contributed by atoms with E-state index >= 15 is 0 Å². The molecular weight excluding hydrogens is 521 g/mol. The van der Waals surface area contributed by atoms with Gasteiger partial charge >= 0.3 is 0 Å². The van der Waals surface area contributed by atoms with Crippen molar-refractivity contribution >= 4 is 46.0 Å². The van der Waals surface area contributed by atoms with Crippen molar-refractivity contribution in [2.75, 3.05) is 4.90 Å². The molecule has 0 unspecified atom stereocenters. The number of rotatable bonds is 3. The van der Waals surface area contributed by atoms with Crippen LogP contribution in [0.1, 0.15) is 60.8 Å². The summed E-state index contributed by atoms with van der Waals surface area (Å²) < 4.78 is 0. The standard InChI is InChI=1S/C30H27Cl2N3OS/c1-30(2,3)26-12-11-25(37-26)27-20(16-33)29(34)35(19-9-10-21(31)22(32)15-19)23-13-18(14-24(36)28(23)27)17-7-5-4-6-8-17/h4-12,15,18,27H,13-14,34H2,1-3H3/t18-,27-/m0/s1. The fourth-order valence-corrected chi connectivity index (χ4v) is 6.68. The topological polar surface area (TPSA) is 70.1 Å². The van der Waals surface area contributed by atoms with E-state index in [9.17, 15) is 10.1 Å². The van der Waals surface area contributed by atoms with Crippen molar-refractivity contribution in [3.8, 4) is 6.07 Å². The average molecular weight is 549 g/mol. The lowest BCUT2D eigenvalue weighted by molar-refractivity contribution is -0.116. The highest BCUT2D eigenvalue weighted by molar-refractivity contribution is 7.12. The zero-order valence-electron chi connectivity index (χ0n) is 20.9. The molecule has 0 spiro atoms. The Labute approximate surface area is 231 Å². The largest absolute Gasteiger partial charge is 0.384 e. The fraction of sp³-hybridized carbons (Fsp3) is 0.267. The lowest BCUT2D eigenvalue weighted by Crippen LogP contribution is -2.40. The fourth-order valence-electron chi connectivity index (χ4n) is 5.20. The van der Waals surface area contributed by atoms with E-state index in [1.807, 2.05) is 35.2 Å². The lowest BCUT2D eigenvalue weighted by atomic mass is 9.73. The van der Waals surface area contributed by atoms with Crippen LogP contribution >= 0.6 is 34.5 Å². The first-order chi connectivity index (χ1) is 17.6. The van der Waals surface area contributed by atoms with Crippen LogP contribution < -0.4 is 10.6 Å². The molecule has 3 aromatic rings. The number of benzene rings is 2. The van der Waals surface area contributed by atoms with Crippen molar-refractivity contribution < 1.29 is 4.79 Å². The highest BCUT2D eigenvalue weighted by Crippen LogP contribution is 2.51. The molecule has 0 saturated heterocycles. The van der Waals surface area contributed by atoms with Crippen LogP contribution in [0.2, 0.25) is 10.0 Å². The van der Waals surface area contributed by atoms with Crippen LogP contribution in [0.15, 0.2) is 83.3 Å². The first kappa shape index (κ1) is 25.6. The molecule has 188 valence electrons. The van der Waals surface area contributed by atoms with E-state index in [1.165, 1.54) is 4.88 Å². The zero-order chi connectivity index (χ0) is 26.5. The molecule has 2 atom stereocenters. The molecule has 2 heterocycles. The van der Waals surface area contributed by atoms with Gasteiger partial charge in [-0.2, -0.15) is 5.26 Å². The van der Waals surface area contributed by atoms with Gasteiger partial charge in [0.25, 0.3) is 0 Å². The lowest BCUT2D eigenvalue weighted by Gasteiger charge is -2.41. The zero-order valence-corrected chi connectivity index (χ0v) is 23.2. The summed E-state index contributed by atoms with van der Waals surface area (Å²) in [6.07, 6.45) is 0.990. The van der Waals surface area contributed by atoms with Gasteiger partial charge in [0.1, 0.15) is 5.82 Å². The van der Waals surface area contributed by atoms with Gasteiger partial charge < -0.3 is 5.73 Å². The number of hydrogen-bond acceptors (Lipinski definition) is 5. The Balaban J connectivity index is 1.72. The maximum atomic E-state index is 14.0. The van der Waals surface area contributed by atoms with Gasteiger partial charge in [0.2, 0.25) is 0 Å². The molecule has 0 amide bonds. The van der Waals surface area contributed by atoms with Crippen molar-refractivity contribution in [2.45, 2.75) is 50.9 Å². The number of anilines is 1. The van der Waals surface area contributed by atoms with Gasteiger partial charge in [0.05, 0.1) is 27.6 Å². The van der Waals surface area contributed by atoms with E-state index in [4.69, 9.17) is 28.9 Å². The Kier molecular flexibility index (Phi) is 6.70. The minimum absolute atomic E-state index is 0.00304. The second-order valence-corrected chi connectivity index (χ2v) is 12.5.